The molecular weight excluding hydrogens is 238 g/mol. The van der Waals surface area contributed by atoms with E-state index in [-0.39, 0.29) is 18.0 Å². The van der Waals surface area contributed by atoms with Crippen molar-refractivity contribution in [3.8, 4) is 11.5 Å². The van der Waals surface area contributed by atoms with E-state index in [1.165, 1.54) is 25.7 Å². The predicted molar refractivity (Wildman–Crippen MR) is 79.4 cm³/mol. The number of rotatable bonds is 7. The summed E-state index contributed by atoms with van der Waals surface area (Å²) in [5.41, 5.74) is 6.91. The van der Waals surface area contributed by atoms with Gasteiger partial charge in [0.25, 0.3) is 0 Å². The van der Waals surface area contributed by atoms with Gasteiger partial charge in [-0.3, -0.25) is 0 Å². The van der Waals surface area contributed by atoms with Crippen LogP contribution in [0.5, 0.6) is 11.5 Å². The van der Waals surface area contributed by atoms with Crippen molar-refractivity contribution in [2.45, 2.75) is 58.9 Å². The number of benzene rings is 1. The van der Waals surface area contributed by atoms with Crippen LogP contribution < -0.4 is 5.73 Å². The summed E-state index contributed by atoms with van der Waals surface area (Å²) in [6.45, 7) is 6.73. The number of unbranched alkanes of at least 4 members (excludes halogenated alkanes) is 2. The molecule has 108 valence electrons. The van der Waals surface area contributed by atoms with E-state index in [1.807, 2.05) is 0 Å². The van der Waals surface area contributed by atoms with Gasteiger partial charge in [0.1, 0.15) is 11.5 Å². The Balaban J connectivity index is 2.79. The topological polar surface area (TPSA) is 66.5 Å². The molecule has 0 bridgehead atoms. The van der Waals surface area contributed by atoms with E-state index < -0.39 is 0 Å². The average molecular weight is 265 g/mol. The Kier molecular flexibility index (Phi) is 6.16. The fourth-order valence-corrected chi connectivity index (χ4v) is 2.43. The van der Waals surface area contributed by atoms with Gasteiger partial charge >= 0.3 is 0 Å². The molecule has 0 aromatic heterocycles. The van der Waals surface area contributed by atoms with Crippen molar-refractivity contribution in [1.82, 2.24) is 0 Å². The monoisotopic (exact) mass is 265 g/mol. The molecule has 19 heavy (non-hydrogen) atoms. The van der Waals surface area contributed by atoms with Crippen molar-refractivity contribution in [2.24, 2.45) is 11.7 Å². The van der Waals surface area contributed by atoms with Gasteiger partial charge in [0.2, 0.25) is 0 Å². The van der Waals surface area contributed by atoms with Crippen molar-refractivity contribution >= 4 is 0 Å². The van der Waals surface area contributed by atoms with Crippen LogP contribution in [0.2, 0.25) is 0 Å². The highest BCUT2D eigenvalue weighted by molar-refractivity contribution is 5.47. The third-order valence-corrected chi connectivity index (χ3v) is 4.07. The van der Waals surface area contributed by atoms with E-state index in [1.54, 1.807) is 12.1 Å². The second-order valence-electron chi connectivity index (χ2n) is 5.50. The summed E-state index contributed by atoms with van der Waals surface area (Å²) < 4.78 is 0. The van der Waals surface area contributed by atoms with Gasteiger partial charge in [-0.1, -0.05) is 46.5 Å². The molecular formula is C16H27NO2. The van der Waals surface area contributed by atoms with Gasteiger partial charge in [0.15, 0.2) is 0 Å². The minimum atomic E-state index is 0.102. The summed E-state index contributed by atoms with van der Waals surface area (Å²) in [7, 11) is 0. The lowest BCUT2D eigenvalue weighted by Gasteiger charge is -2.21. The van der Waals surface area contributed by atoms with E-state index in [9.17, 15) is 10.2 Å². The van der Waals surface area contributed by atoms with Gasteiger partial charge < -0.3 is 15.9 Å². The molecule has 3 nitrogen and oxygen atoms in total. The summed E-state index contributed by atoms with van der Waals surface area (Å²) in [4.78, 5) is 0. The first kappa shape index (κ1) is 15.8. The molecule has 1 aromatic rings. The highest BCUT2D eigenvalue weighted by Gasteiger charge is 2.17. The van der Waals surface area contributed by atoms with Crippen molar-refractivity contribution in [1.29, 1.82) is 0 Å². The molecule has 0 aliphatic heterocycles. The first-order valence-electron chi connectivity index (χ1n) is 7.26. The fourth-order valence-electron chi connectivity index (χ4n) is 2.43. The van der Waals surface area contributed by atoms with Gasteiger partial charge in [-0.15, -0.1) is 0 Å². The maximum Gasteiger partial charge on any atom is 0.124 e. The van der Waals surface area contributed by atoms with Gasteiger partial charge in [-0.25, -0.2) is 0 Å². The molecule has 0 heterocycles. The molecule has 0 aliphatic carbocycles. The number of phenolic OH excluding ortho intramolecular Hbond substituents is 2. The predicted octanol–water partition coefficient (Wildman–Crippen LogP) is 3.88. The quantitative estimate of drug-likeness (QED) is 0.655. The molecule has 0 saturated carbocycles. The lowest BCUT2D eigenvalue weighted by molar-refractivity contribution is 0.416. The third kappa shape index (κ3) is 4.13. The molecule has 0 aliphatic rings. The zero-order chi connectivity index (χ0) is 14.4. The number of hydrogen-bond donors (Lipinski definition) is 3. The molecule has 4 N–H and O–H groups in total. The van der Waals surface area contributed by atoms with Crippen LogP contribution in [-0.4, -0.2) is 10.2 Å². The lowest BCUT2D eigenvalue weighted by Crippen LogP contribution is -2.07. The standard InChI is InChI=1S/C16H27NO2/c1-4-5-6-7-11(2)12(3)13-8-15(18)14(10-17)16(19)9-13/h8-9,11-12,18-19H,4-7,10,17H2,1-3H3. The van der Waals surface area contributed by atoms with Crippen LogP contribution in [0.15, 0.2) is 12.1 Å². The molecule has 0 fully saturated rings. The normalized spacial score (nSPS) is 14.3. The SMILES string of the molecule is CCCCCC(C)C(C)c1cc(O)c(CN)c(O)c1. The zero-order valence-corrected chi connectivity index (χ0v) is 12.3. The largest absolute Gasteiger partial charge is 0.507 e. The molecule has 0 spiro atoms. The highest BCUT2D eigenvalue weighted by atomic mass is 16.3. The first-order chi connectivity index (χ1) is 9.01. The molecule has 1 rings (SSSR count). The molecule has 2 atom stereocenters. The van der Waals surface area contributed by atoms with Crippen LogP contribution >= 0.6 is 0 Å². The number of phenols is 2. The molecule has 2 unspecified atom stereocenters. The van der Waals surface area contributed by atoms with Crippen molar-refractivity contribution < 1.29 is 10.2 Å². The number of nitrogens with two attached hydrogens (primary N) is 1. The molecule has 0 saturated heterocycles. The zero-order valence-electron chi connectivity index (χ0n) is 12.3. The Morgan fingerprint density at radius 1 is 1.11 bits per heavy atom. The van der Waals surface area contributed by atoms with E-state index in [0.717, 1.165) is 5.56 Å². The second-order valence-corrected chi connectivity index (χ2v) is 5.50. The summed E-state index contributed by atoms with van der Waals surface area (Å²) in [6, 6.07) is 3.48. The summed E-state index contributed by atoms with van der Waals surface area (Å²) in [5.74, 6) is 1.06. The summed E-state index contributed by atoms with van der Waals surface area (Å²) in [6.07, 6.45) is 4.91. The van der Waals surface area contributed by atoms with Crippen molar-refractivity contribution in [3.63, 3.8) is 0 Å². The van der Waals surface area contributed by atoms with Gasteiger partial charge in [0.05, 0.1) is 0 Å². The molecule has 3 heteroatoms. The fraction of sp³-hybridized carbons (Fsp3) is 0.625. The van der Waals surface area contributed by atoms with E-state index >= 15 is 0 Å². The Morgan fingerprint density at radius 3 is 2.16 bits per heavy atom. The van der Waals surface area contributed by atoms with Gasteiger partial charge in [-0.05, 0) is 29.5 Å². The van der Waals surface area contributed by atoms with Gasteiger partial charge in [-0.2, -0.15) is 0 Å². The van der Waals surface area contributed by atoms with Crippen LogP contribution in [0.4, 0.5) is 0 Å². The maximum atomic E-state index is 9.88. The highest BCUT2D eigenvalue weighted by Crippen LogP contribution is 2.35. The van der Waals surface area contributed by atoms with E-state index in [2.05, 4.69) is 20.8 Å². The van der Waals surface area contributed by atoms with E-state index in [0.29, 0.717) is 17.4 Å². The molecule has 1 aromatic carbocycles. The number of aromatic hydroxyl groups is 2. The first-order valence-corrected chi connectivity index (χ1v) is 7.26. The number of hydrogen-bond acceptors (Lipinski definition) is 3. The smallest absolute Gasteiger partial charge is 0.124 e. The minimum Gasteiger partial charge on any atom is -0.507 e. The second kappa shape index (κ2) is 7.39. The minimum absolute atomic E-state index is 0.102. The van der Waals surface area contributed by atoms with Crippen LogP contribution in [0.3, 0.4) is 0 Å². The Bertz CT molecular complexity index is 381. The van der Waals surface area contributed by atoms with Crippen LogP contribution in [0.25, 0.3) is 0 Å². The average Bonchev–Trinajstić information content (AvgIpc) is 2.37. The maximum absolute atomic E-state index is 9.88. The Hall–Kier alpha value is -1.22. The summed E-state index contributed by atoms with van der Waals surface area (Å²) in [5, 5.41) is 19.8. The molecule has 0 amide bonds. The molecule has 0 radical (unpaired) electrons. The van der Waals surface area contributed by atoms with Crippen LogP contribution in [-0.2, 0) is 6.54 Å². The van der Waals surface area contributed by atoms with Gasteiger partial charge in [0, 0.05) is 12.1 Å². The lowest BCUT2D eigenvalue weighted by atomic mass is 9.85. The van der Waals surface area contributed by atoms with Crippen LogP contribution in [0.1, 0.15) is 63.5 Å². The van der Waals surface area contributed by atoms with E-state index in [4.69, 9.17) is 5.73 Å². The third-order valence-electron chi connectivity index (χ3n) is 4.07. The Labute approximate surface area is 116 Å². The Morgan fingerprint density at radius 2 is 1.68 bits per heavy atom. The van der Waals surface area contributed by atoms with Crippen molar-refractivity contribution in [3.05, 3.63) is 23.3 Å². The van der Waals surface area contributed by atoms with Crippen molar-refractivity contribution in [2.75, 3.05) is 0 Å². The van der Waals surface area contributed by atoms with Crippen LogP contribution in [0, 0.1) is 5.92 Å². The summed E-state index contributed by atoms with van der Waals surface area (Å²) >= 11 is 0.